The van der Waals surface area contributed by atoms with Gasteiger partial charge in [-0.15, -0.1) is 0 Å². The van der Waals surface area contributed by atoms with Crippen molar-refractivity contribution in [3.05, 3.63) is 41.6 Å². The van der Waals surface area contributed by atoms with Gasteiger partial charge in [-0.1, -0.05) is 0 Å². The predicted octanol–water partition coefficient (Wildman–Crippen LogP) is 2.35. The zero-order valence-electron chi connectivity index (χ0n) is 13.3. The molecule has 1 aliphatic carbocycles. The molecule has 6 nitrogen and oxygen atoms in total. The van der Waals surface area contributed by atoms with Crippen LogP contribution in [0.4, 0.5) is 5.69 Å². The molecular formula is C17H19N5O. The van der Waals surface area contributed by atoms with Crippen molar-refractivity contribution in [2.75, 3.05) is 5.32 Å². The summed E-state index contributed by atoms with van der Waals surface area (Å²) in [5.74, 6) is 0.996. The number of nitrogens with one attached hydrogen (secondary N) is 2. The summed E-state index contributed by atoms with van der Waals surface area (Å²) in [5, 5.41) is 8.29. The maximum absolute atomic E-state index is 12.6. The predicted molar refractivity (Wildman–Crippen MR) is 88.2 cm³/mol. The number of amides is 1. The monoisotopic (exact) mass is 309 g/mol. The van der Waals surface area contributed by atoms with Gasteiger partial charge in [0.1, 0.15) is 5.82 Å². The van der Waals surface area contributed by atoms with Crippen LogP contribution in [0.15, 0.2) is 24.4 Å². The summed E-state index contributed by atoms with van der Waals surface area (Å²) in [6.45, 7) is 1.95. The van der Waals surface area contributed by atoms with Gasteiger partial charge in [0.05, 0.1) is 17.4 Å². The number of imidazole rings is 1. The lowest BCUT2D eigenvalue weighted by atomic mass is 9.89. The van der Waals surface area contributed by atoms with Crippen LogP contribution in [-0.2, 0) is 24.7 Å². The number of H-pyrrole nitrogens is 1. The quantitative estimate of drug-likeness (QED) is 0.763. The van der Waals surface area contributed by atoms with E-state index in [-0.39, 0.29) is 11.8 Å². The number of rotatable bonds is 2. The lowest BCUT2D eigenvalue weighted by molar-refractivity contribution is -0.120. The molecule has 0 bridgehead atoms. The number of aryl methyl sites for hydroxylation is 3. The average Bonchev–Trinajstić information content (AvgIpc) is 3.08. The highest BCUT2D eigenvalue weighted by atomic mass is 16.1. The van der Waals surface area contributed by atoms with E-state index in [1.165, 1.54) is 0 Å². The Labute approximate surface area is 133 Å². The summed E-state index contributed by atoms with van der Waals surface area (Å²) in [7, 11) is 1.91. The Kier molecular flexibility index (Phi) is 3.18. The summed E-state index contributed by atoms with van der Waals surface area (Å²) < 4.78 is 1.82. The van der Waals surface area contributed by atoms with E-state index in [0.717, 1.165) is 53.1 Å². The SMILES string of the molecule is Cc1nc2c([nH]1)CC(C(=O)Nc1ccc3c(cnn3C)c1)CC2. The molecule has 1 atom stereocenters. The molecule has 1 unspecified atom stereocenters. The van der Waals surface area contributed by atoms with Crippen LogP contribution in [0.1, 0.15) is 23.6 Å². The first kappa shape index (κ1) is 14.0. The van der Waals surface area contributed by atoms with Crippen molar-refractivity contribution in [3.8, 4) is 0 Å². The van der Waals surface area contributed by atoms with Crippen molar-refractivity contribution in [3.63, 3.8) is 0 Å². The Morgan fingerprint density at radius 1 is 1.43 bits per heavy atom. The Balaban J connectivity index is 1.51. The number of carbonyl (C=O) groups is 1. The zero-order valence-corrected chi connectivity index (χ0v) is 13.3. The summed E-state index contributed by atoms with van der Waals surface area (Å²) in [5.41, 5.74) is 4.10. The Hall–Kier alpha value is -2.63. The van der Waals surface area contributed by atoms with Gasteiger partial charge < -0.3 is 10.3 Å². The fourth-order valence-corrected chi connectivity index (χ4v) is 3.33. The largest absolute Gasteiger partial charge is 0.346 e. The molecule has 1 amide bonds. The minimum Gasteiger partial charge on any atom is -0.346 e. The number of aromatic amines is 1. The Bertz CT molecular complexity index is 892. The molecule has 0 saturated carbocycles. The first-order valence-corrected chi connectivity index (χ1v) is 7.87. The highest BCUT2D eigenvalue weighted by molar-refractivity contribution is 5.95. The summed E-state index contributed by atoms with van der Waals surface area (Å²) in [6, 6.07) is 5.88. The van der Waals surface area contributed by atoms with E-state index in [2.05, 4.69) is 20.4 Å². The molecule has 0 aliphatic heterocycles. The van der Waals surface area contributed by atoms with Crippen molar-refractivity contribution in [1.82, 2.24) is 19.7 Å². The fraction of sp³-hybridized carbons (Fsp3) is 0.353. The number of hydrogen-bond acceptors (Lipinski definition) is 3. The Morgan fingerprint density at radius 2 is 2.30 bits per heavy atom. The van der Waals surface area contributed by atoms with E-state index in [4.69, 9.17) is 0 Å². The molecule has 3 aromatic rings. The van der Waals surface area contributed by atoms with Crippen LogP contribution in [0.25, 0.3) is 10.9 Å². The van der Waals surface area contributed by atoms with E-state index >= 15 is 0 Å². The maximum atomic E-state index is 12.6. The molecule has 6 heteroatoms. The third-order valence-electron chi connectivity index (χ3n) is 4.55. The summed E-state index contributed by atoms with van der Waals surface area (Å²) >= 11 is 0. The van der Waals surface area contributed by atoms with Gasteiger partial charge in [-0.2, -0.15) is 5.10 Å². The normalized spacial score (nSPS) is 17.2. The van der Waals surface area contributed by atoms with Gasteiger partial charge in [-0.05, 0) is 38.0 Å². The van der Waals surface area contributed by atoms with Crippen molar-refractivity contribution < 1.29 is 4.79 Å². The first-order chi connectivity index (χ1) is 11.1. The average molecular weight is 309 g/mol. The van der Waals surface area contributed by atoms with E-state index < -0.39 is 0 Å². The van der Waals surface area contributed by atoms with Gasteiger partial charge in [0.2, 0.25) is 5.91 Å². The van der Waals surface area contributed by atoms with Crippen molar-refractivity contribution >= 4 is 22.5 Å². The maximum Gasteiger partial charge on any atom is 0.227 e. The van der Waals surface area contributed by atoms with Gasteiger partial charge in [0.15, 0.2) is 0 Å². The molecule has 118 valence electrons. The fourth-order valence-electron chi connectivity index (χ4n) is 3.33. The topological polar surface area (TPSA) is 75.6 Å². The highest BCUT2D eigenvalue weighted by Crippen LogP contribution is 2.26. The smallest absolute Gasteiger partial charge is 0.227 e. The van der Waals surface area contributed by atoms with Crippen molar-refractivity contribution in [1.29, 1.82) is 0 Å². The number of nitrogens with zero attached hydrogens (tertiary/aromatic N) is 3. The first-order valence-electron chi connectivity index (χ1n) is 7.87. The van der Waals surface area contributed by atoms with Crippen molar-refractivity contribution in [2.24, 2.45) is 13.0 Å². The lowest BCUT2D eigenvalue weighted by Gasteiger charge is -2.20. The number of benzene rings is 1. The molecule has 23 heavy (non-hydrogen) atoms. The third-order valence-corrected chi connectivity index (χ3v) is 4.55. The lowest BCUT2D eigenvalue weighted by Crippen LogP contribution is -2.28. The minimum absolute atomic E-state index is 0.00746. The van der Waals surface area contributed by atoms with Crippen LogP contribution >= 0.6 is 0 Å². The van der Waals surface area contributed by atoms with Crippen LogP contribution in [0.3, 0.4) is 0 Å². The number of fused-ring (bicyclic) bond motifs is 2. The van der Waals surface area contributed by atoms with E-state index in [9.17, 15) is 4.79 Å². The summed E-state index contributed by atoms with van der Waals surface area (Å²) in [6.07, 6.45) is 4.25. The molecule has 1 aromatic carbocycles. The zero-order chi connectivity index (χ0) is 16.0. The second kappa shape index (κ2) is 5.22. The van der Waals surface area contributed by atoms with Crippen LogP contribution in [0.5, 0.6) is 0 Å². The van der Waals surface area contributed by atoms with Crippen molar-refractivity contribution in [2.45, 2.75) is 26.2 Å². The Morgan fingerprint density at radius 3 is 3.17 bits per heavy atom. The van der Waals surface area contributed by atoms with Gasteiger partial charge >= 0.3 is 0 Å². The van der Waals surface area contributed by atoms with Gasteiger partial charge in [0, 0.05) is 36.2 Å². The number of anilines is 1. The molecule has 4 rings (SSSR count). The second-order valence-corrected chi connectivity index (χ2v) is 6.22. The van der Waals surface area contributed by atoms with Crippen LogP contribution in [0.2, 0.25) is 0 Å². The number of hydrogen-bond donors (Lipinski definition) is 2. The minimum atomic E-state index is -0.00746. The molecule has 2 N–H and O–H groups in total. The molecule has 1 aliphatic rings. The molecule has 0 radical (unpaired) electrons. The standard InChI is InChI=1S/C17H19N5O/c1-10-19-14-5-3-11(8-15(14)20-10)17(23)21-13-4-6-16-12(7-13)9-18-22(16)2/h4,6-7,9,11H,3,5,8H2,1-2H3,(H,19,20)(H,21,23). The molecule has 0 spiro atoms. The van der Waals surface area contributed by atoms with Gasteiger partial charge in [0.25, 0.3) is 0 Å². The molecule has 0 saturated heterocycles. The van der Waals surface area contributed by atoms with Crippen LogP contribution in [-0.4, -0.2) is 25.7 Å². The molecule has 2 aromatic heterocycles. The van der Waals surface area contributed by atoms with Gasteiger partial charge in [-0.25, -0.2) is 4.98 Å². The summed E-state index contributed by atoms with van der Waals surface area (Å²) in [4.78, 5) is 20.3. The van der Waals surface area contributed by atoms with E-state index in [0.29, 0.717) is 0 Å². The third kappa shape index (κ3) is 2.50. The molecular weight excluding hydrogens is 290 g/mol. The van der Waals surface area contributed by atoms with E-state index in [1.807, 2.05) is 43.0 Å². The number of aromatic nitrogens is 4. The van der Waals surface area contributed by atoms with Gasteiger partial charge in [-0.3, -0.25) is 9.48 Å². The van der Waals surface area contributed by atoms with Crippen LogP contribution in [0, 0.1) is 12.8 Å². The molecule has 2 heterocycles. The second-order valence-electron chi connectivity index (χ2n) is 6.22. The molecule has 0 fully saturated rings. The highest BCUT2D eigenvalue weighted by Gasteiger charge is 2.26. The van der Waals surface area contributed by atoms with Crippen LogP contribution < -0.4 is 5.32 Å². The van der Waals surface area contributed by atoms with E-state index in [1.54, 1.807) is 0 Å². The number of carbonyl (C=O) groups excluding carboxylic acids is 1.